The summed E-state index contributed by atoms with van der Waals surface area (Å²) < 4.78 is 0. The molecule has 0 saturated heterocycles. The van der Waals surface area contributed by atoms with Crippen LogP contribution in [0.5, 0.6) is 0 Å². The molecule has 0 fully saturated rings. The SMILES string of the molecule is CCCCCCCCCCCCCCCCCCc1cc(C)c2ccc3c(CCCCCCCCCCCCCCCCCC)cc(C)c4ccc1c2c43. The van der Waals surface area contributed by atoms with E-state index in [1.807, 2.05) is 0 Å². The van der Waals surface area contributed by atoms with Crippen LogP contribution in [0.4, 0.5) is 0 Å². The van der Waals surface area contributed by atoms with Gasteiger partial charge >= 0.3 is 0 Å². The van der Waals surface area contributed by atoms with Gasteiger partial charge in [-0.2, -0.15) is 0 Å². The molecule has 0 aromatic heterocycles. The van der Waals surface area contributed by atoms with E-state index in [1.54, 1.807) is 21.9 Å². The molecule has 0 radical (unpaired) electrons. The summed E-state index contributed by atoms with van der Waals surface area (Å²) in [5, 5.41) is 9.08. The van der Waals surface area contributed by atoms with Gasteiger partial charge in [0, 0.05) is 0 Å². The fourth-order valence-electron chi connectivity index (χ4n) is 9.66. The molecule has 0 aliphatic carbocycles. The van der Waals surface area contributed by atoms with Gasteiger partial charge in [0.1, 0.15) is 0 Å². The summed E-state index contributed by atoms with van der Waals surface area (Å²) in [5.74, 6) is 0. The zero-order valence-electron chi connectivity index (χ0n) is 36.5. The molecule has 0 nitrogen and oxygen atoms in total. The van der Waals surface area contributed by atoms with Crippen LogP contribution in [0.25, 0.3) is 32.3 Å². The van der Waals surface area contributed by atoms with Gasteiger partial charge in [-0.05, 0) is 94.1 Å². The first kappa shape index (κ1) is 44.6. The highest BCUT2D eigenvalue weighted by atomic mass is 14.2. The zero-order chi connectivity index (χ0) is 38.1. The first-order valence-electron chi connectivity index (χ1n) is 24.3. The van der Waals surface area contributed by atoms with Gasteiger partial charge < -0.3 is 0 Å². The Hall–Kier alpha value is -2.08. The topological polar surface area (TPSA) is 0 Å². The molecule has 0 unspecified atom stereocenters. The van der Waals surface area contributed by atoms with Crippen LogP contribution in [-0.2, 0) is 12.8 Å². The van der Waals surface area contributed by atoms with Crippen LogP contribution in [0.15, 0.2) is 36.4 Å². The quantitative estimate of drug-likeness (QED) is 0.0331. The molecule has 54 heavy (non-hydrogen) atoms. The van der Waals surface area contributed by atoms with Crippen LogP contribution >= 0.6 is 0 Å². The van der Waals surface area contributed by atoms with Gasteiger partial charge in [0.2, 0.25) is 0 Å². The van der Waals surface area contributed by atoms with Crippen LogP contribution in [0.1, 0.15) is 242 Å². The predicted molar refractivity (Wildman–Crippen MR) is 246 cm³/mol. The molecule has 0 aliphatic rings. The Kier molecular flexibility index (Phi) is 22.7. The van der Waals surface area contributed by atoms with Gasteiger partial charge in [0.05, 0.1) is 0 Å². The molecule has 0 aliphatic heterocycles. The lowest BCUT2D eigenvalue weighted by atomic mass is 9.85. The summed E-state index contributed by atoms with van der Waals surface area (Å²) in [4.78, 5) is 0. The maximum atomic E-state index is 2.53. The Labute approximate surface area is 335 Å². The maximum absolute atomic E-state index is 2.53. The second kappa shape index (κ2) is 27.5. The number of benzene rings is 4. The highest BCUT2D eigenvalue weighted by Gasteiger charge is 2.16. The van der Waals surface area contributed by atoms with E-state index in [1.165, 1.54) is 251 Å². The molecule has 0 bridgehead atoms. The van der Waals surface area contributed by atoms with Gasteiger partial charge in [-0.15, -0.1) is 0 Å². The molecule has 0 spiro atoms. The number of hydrogen-bond donors (Lipinski definition) is 0. The van der Waals surface area contributed by atoms with Crippen LogP contribution in [0, 0.1) is 13.8 Å². The Morgan fingerprint density at radius 2 is 0.500 bits per heavy atom. The van der Waals surface area contributed by atoms with E-state index in [0.29, 0.717) is 0 Å². The summed E-state index contributed by atoms with van der Waals surface area (Å²) in [7, 11) is 0. The third-order valence-electron chi connectivity index (χ3n) is 13.1. The fraction of sp³-hybridized carbons (Fsp3) is 0.704. The Morgan fingerprint density at radius 1 is 0.278 bits per heavy atom. The highest BCUT2D eigenvalue weighted by molar-refractivity contribution is 6.25. The zero-order valence-corrected chi connectivity index (χ0v) is 36.5. The minimum atomic E-state index is 1.22. The van der Waals surface area contributed by atoms with Crippen molar-refractivity contribution in [3.05, 3.63) is 58.7 Å². The summed E-state index contributed by atoms with van der Waals surface area (Å²) in [6.07, 6.45) is 48.3. The first-order chi connectivity index (χ1) is 26.7. The molecule has 0 amide bonds. The minimum Gasteiger partial charge on any atom is -0.0654 e. The summed E-state index contributed by atoms with van der Waals surface area (Å²) in [6.45, 7) is 9.33. The van der Waals surface area contributed by atoms with E-state index >= 15 is 0 Å². The predicted octanol–water partition coefficient (Wildman–Crippen LogP) is 18.8. The van der Waals surface area contributed by atoms with Gasteiger partial charge in [-0.25, -0.2) is 0 Å². The maximum Gasteiger partial charge on any atom is -0.00212 e. The molecular formula is C54H86. The molecule has 0 atom stereocenters. The average Bonchev–Trinajstić information content (AvgIpc) is 3.18. The van der Waals surface area contributed by atoms with E-state index in [0.717, 1.165) is 0 Å². The molecule has 0 saturated carbocycles. The molecule has 302 valence electrons. The number of hydrogen-bond acceptors (Lipinski definition) is 0. The number of aryl methyl sites for hydroxylation is 4. The lowest BCUT2D eigenvalue weighted by Crippen LogP contribution is -1.97. The second-order valence-electron chi connectivity index (χ2n) is 17.9. The van der Waals surface area contributed by atoms with E-state index in [2.05, 4.69) is 64.1 Å². The Balaban J connectivity index is 1.15. The van der Waals surface area contributed by atoms with Crippen LogP contribution in [-0.4, -0.2) is 0 Å². The number of unbranched alkanes of at least 4 members (excludes halogenated alkanes) is 30. The van der Waals surface area contributed by atoms with Crippen molar-refractivity contribution in [2.45, 2.75) is 246 Å². The fourth-order valence-corrected chi connectivity index (χ4v) is 9.66. The van der Waals surface area contributed by atoms with Gasteiger partial charge in [0.25, 0.3) is 0 Å². The van der Waals surface area contributed by atoms with Crippen LogP contribution < -0.4 is 0 Å². The smallest absolute Gasteiger partial charge is 0.00212 e. The summed E-state index contributed by atoms with van der Waals surface area (Å²) >= 11 is 0. The largest absolute Gasteiger partial charge is 0.0654 e. The van der Waals surface area contributed by atoms with Crippen LogP contribution in [0.2, 0.25) is 0 Å². The summed E-state index contributed by atoms with van der Waals surface area (Å²) in [6, 6.07) is 14.9. The van der Waals surface area contributed by atoms with Crippen molar-refractivity contribution in [2.75, 3.05) is 0 Å². The molecule has 4 aromatic carbocycles. The first-order valence-corrected chi connectivity index (χ1v) is 24.3. The highest BCUT2D eigenvalue weighted by Crippen LogP contribution is 2.41. The van der Waals surface area contributed by atoms with Crippen molar-refractivity contribution in [1.29, 1.82) is 0 Å². The van der Waals surface area contributed by atoms with Crippen molar-refractivity contribution in [2.24, 2.45) is 0 Å². The normalized spacial score (nSPS) is 12.0. The number of rotatable bonds is 34. The lowest BCUT2D eigenvalue weighted by molar-refractivity contribution is 0.529. The van der Waals surface area contributed by atoms with Gasteiger partial charge in [-0.1, -0.05) is 243 Å². The molecular weight excluding hydrogens is 649 g/mol. The molecule has 0 heteroatoms. The van der Waals surface area contributed by atoms with E-state index < -0.39 is 0 Å². The van der Waals surface area contributed by atoms with Crippen molar-refractivity contribution >= 4 is 32.3 Å². The van der Waals surface area contributed by atoms with Crippen molar-refractivity contribution in [3.63, 3.8) is 0 Å². The van der Waals surface area contributed by atoms with Gasteiger partial charge in [0.15, 0.2) is 0 Å². The van der Waals surface area contributed by atoms with Gasteiger partial charge in [-0.3, -0.25) is 0 Å². The van der Waals surface area contributed by atoms with E-state index in [9.17, 15) is 0 Å². The van der Waals surface area contributed by atoms with E-state index in [4.69, 9.17) is 0 Å². The monoisotopic (exact) mass is 735 g/mol. The summed E-state index contributed by atoms with van der Waals surface area (Å²) in [5.41, 5.74) is 6.09. The third-order valence-corrected chi connectivity index (χ3v) is 13.1. The third kappa shape index (κ3) is 15.5. The Morgan fingerprint density at radius 3 is 0.759 bits per heavy atom. The standard InChI is InChI=1S/C54H86/c1-5-7-9-11-13-15-17-19-21-23-25-27-29-31-33-35-37-47-43-45(3)49-40-42-52-48(44-46(4)50-39-41-51(47)53(49)54(50)52)38-36-34-32-30-28-26-24-22-20-18-16-14-12-10-8-6-2/h39-44H,5-38H2,1-4H3. The Bertz CT molecular complexity index is 1410. The molecule has 0 N–H and O–H groups in total. The van der Waals surface area contributed by atoms with Crippen LogP contribution in [0.3, 0.4) is 0 Å². The average molecular weight is 735 g/mol. The van der Waals surface area contributed by atoms with Crippen molar-refractivity contribution < 1.29 is 0 Å². The molecule has 0 heterocycles. The minimum absolute atomic E-state index is 1.22. The molecule has 4 aromatic rings. The molecule has 4 rings (SSSR count). The van der Waals surface area contributed by atoms with Crippen molar-refractivity contribution in [3.8, 4) is 0 Å². The van der Waals surface area contributed by atoms with E-state index in [-0.39, 0.29) is 0 Å². The lowest BCUT2D eigenvalue weighted by Gasteiger charge is -2.19. The van der Waals surface area contributed by atoms with Crippen molar-refractivity contribution in [1.82, 2.24) is 0 Å². The second-order valence-corrected chi connectivity index (χ2v) is 17.9.